The highest BCUT2D eigenvalue weighted by Gasteiger charge is 1.95. The van der Waals surface area contributed by atoms with Crippen LogP contribution < -0.4 is 27.4 Å². The predicted molar refractivity (Wildman–Crippen MR) is 149 cm³/mol. The lowest BCUT2D eigenvalue weighted by Crippen LogP contribution is -2.17. The lowest BCUT2D eigenvalue weighted by Gasteiger charge is -2.07. The molecule has 0 aromatic heterocycles. The van der Waals surface area contributed by atoms with E-state index in [1.54, 1.807) is 0 Å². The number of hydrogen-bond donors (Lipinski definition) is 5. The Bertz CT molecular complexity index is 297. The summed E-state index contributed by atoms with van der Waals surface area (Å²) in [4.78, 5) is 0. The van der Waals surface area contributed by atoms with Crippen LogP contribution in [0.1, 0.15) is 128 Å². The van der Waals surface area contributed by atoms with Gasteiger partial charge in [0.15, 0.2) is 0 Å². The summed E-state index contributed by atoms with van der Waals surface area (Å²) in [5.74, 6) is 0. The van der Waals surface area contributed by atoms with Gasteiger partial charge < -0.3 is 27.4 Å². The fourth-order valence-corrected chi connectivity index (χ4v) is 4.28. The zero-order valence-corrected chi connectivity index (χ0v) is 22.5. The average molecular weight is 470 g/mol. The molecule has 200 valence electrons. The van der Waals surface area contributed by atoms with Gasteiger partial charge in [-0.3, -0.25) is 0 Å². The smallest absolute Gasteiger partial charge is 0.00489 e. The molecular weight excluding hydrogens is 406 g/mol. The summed E-state index contributed by atoms with van der Waals surface area (Å²) in [5, 5.41) is 10.8. The van der Waals surface area contributed by atoms with Gasteiger partial charge in [0.1, 0.15) is 0 Å². The lowest BCUT2D eigenvalue weighted by atomic mass is 10.1. The van der Waals surface area contributed by atoms with Crippen LogP contribution in [0.4, 0.5) is 0 Å². The molecule has 5 heteroatoms. The van der Waals surface area contributed by atoms with Crippen LogP contribution in [0.3, 0.4) is 0 Å². The molecule has 0 spiro atoms. The summed E-state index contributed by atoms with van der Waals surface area (Å²) in [5.41, 5.74) is 11.0. The molecule has 0 saturated heterocycles. The summed E-state index contributed by atoms with van der Waals surface area (Å²) < 4.78 is 0. The van der Waals surface area contributed by atoms with Crippen LogP contribution in [0.15, 0.2) is 0 Å². The Morgan fingerprint density at radius 1 is 0.242 bits per heavy atom. The van der Waals surface area contributed by atoms with Crippen molar-refractivity contribution in [3.8, 4) is 0 Å². The van der Waals surface area contributed by atoms with Gasteiger partial charge in [0.05, 0.1) is 0 Å². The summed E-state index contributed by atoms with van der Waals surface area (Å²) in [6.07, 6.45) is 26.7. The van der Waals surface area contributed by atoms with E-state index in [0.29, 0.717) is 0 Å². The minimum absolute atomic E-state index is 0.851. The number of nitrogens with two attached hydrogens (primary N) is 2. The molecule has 0 aliphatic carbocycles. The Hall–Kier alpha value is -0.200. The molecule has 0 atom stereocenters. The Morgan fingerprint density at radius 2 is 0.424 bits per heavy atom. The molecule has 0 aliphatic rings. The maximum atomic E-state index is 5.52. The zero-order valence-electron chi connectivity index (χ0n) is 22.5. The Kier molecular flexibility index (Phi) is 31.6. The van der Waals surface area contributed by atoms with Crippen LogP contribution in [0.2, 0.25) is 0 Å². The van der Waals surface area contributed by atoms with Crippen molar-refractivity contribution in [3.63, 3.8) is 0 Å². The molecule has 0 bridgehead atoms. The van der Waals surface area contributed by atoms with E-state index in [0.717, 1.165) is 13.1 Å². The first kappa shape index (κ1) is 32.8. The van der Waals surface area contributed by atoms with Crippen LogP contribution in [-0.4, -0.2) is 52.4 Å². The van der Waals surface area contributed by atoms with Crippen LogP contribution in [0, 0.1) is 0 Å². The average Bonchev–Trinajstić information content (AvgIpc) is 2.83. The lowest BCUT2D eigenvalue weighted by molar-refractivity contribution is 0.525. The van der Waals surface area contributed by atoms with E-state index in [9.17, 15) is 0 Å². The van der Waals surface area contributed by atoms with Crippen molar-refractivity contribution in [1.29, 1.82) is 0 Å². The largest absolute Gasteiger partial charge is 0.330 e. The molecule has 0 aromatic carbocycles. The molecule has 0 fully saturated rings. The minimum Gasteiger partial charge on any atom is -0.330 e. The molecule has 0 aromatic rings. The van der Waals surface area contributed by atoms with E-state index in [1.807, 2.05) is 0 Å². The quantitative estimate of drug-likeness (QED) is 0.0900. The van der Waals surface area contributed by atoms with Gasteiger partial charge in [-0.2, -0.15) is 0 Å². The van der Waals surface area contributed by atoms with E-state index in [1.165, 1.54) is 168 Å². The number of hydrogen-bond acceptors (Lipinski definition) is 5. The van der Waals surface area contributed by atoms with Gasteiger partial charge in [-0.15, -0.1) is 0 Å². The van der Waals surface area contributed by atoms with Gasteiger partial charge in [-0.25, -0.2) is 0 Å². The third kappa shape index (κ3) is 31.8. The molecule has 7 N–H and O–H groups in total. The number of rotatable bonds is 30. The van der Waals surface area contributed by atoms with E-state index in [2.05, 4.69) is 16.0 Å². The molecule has 0 rings (SSSR count). The zero-order chi connectivity index (χ0) is 23.9. The van der Waals surface area contributed by atoms with Crippen molar-refractivity contribution in [1.82, 2.24) is 16.0 Å². The Morgan fingerprint density at radius 3 is 0.636 bits per heavy atom. The fraction of sp³-hybridized carbons (Fsp3) is 1.00. The molecule has 0 saturated carbocycles. The van der Waals surface area contributed by atoms with E-state index < -0.39 is 0 Å². The summed E-state index contributed by atoms with van der Waals surface area (Å²) in [6.45, 7) is 8.91. The summed E-state index contributed by atoms with van der Waals surface area (Å²) in [7, 11) is 0. The predicted octanol–water partition coefficient (Wildman–Crippen LogP) is 5.47. The monoisotopic (exact) mass is 470 g/mol. The standard InChI is InChI=1S/C28H63N5/c29-21-13-5-1-7-15-23-31-25-17-9-3-11-19-27-33-28-20-12-4-10-18-26-32-24-16-8-2-6-14-22-30/h31-33H,1-30H2. The van der Waals surface area contributed by atoms with Crippen molar-refractivity contribution in [2.75, 3.05) is 52.4 Å². The van der Waals surface area contributed by atoms with E-state index in [4.69, 9.17) is 11.5 Å². The SMILES string of the molecule is NCCCCCCCNCCCCCCCNCCCCCCCNCCCCCCCN. The van der Waals surface area contributed by atoms with Gasteiger partial charge in [0, 0.05) is 0 Å². The molecular formula is C28H63N5. The highest BCUT2D eigenvalue weighted by atomic mass is 14.8. The maximum absolute atomic E-state index is 5.52. The van der Waals surface area contributed by atoms with Gasteiger partial charge >= 0.3 is 0 Å². The molecule has 0 unspecified atom stereocenters. The molecule has 0 radical (unpaired) electrons. The van der Waals surface area contributed by atoms with Crippen molar-refractivity contribution in [3.05, 3.63) is 0 Å². The first-order chi connectivity index (χ1) is 16.4. The minimum atomic E-state index is 0.851. The highest BCUT2D eigenvalue weighted by molar-refractivity contribution is 4.55. The topological polar surface area (TPSA) is 88.1 Å². The van der Waals surface area contributed by atoms with Crippen molar-refractivity contribution >= 4 is 0 Å². The molecule has 0 amide bonds. The molecule has 0 aliphatic heterocycles. The highest BCUT2D eigenvalue weighted by Crippen LogP contribution is 2.05. The summed E-state index contributed by atoms with van der Waals surface area (Å²) in [6, 6.07) is 0. The van der Waals surface area contributed by atoms with E-state index in [-0.39, 0.29) is 0 Å². The van der Waals surface area contributed by atoms with Crippen LogP contribution in [0.25, 0.3) is 0 Å². The summed E-state index contributed by atoms with van der Waals surface area (Å²) >= 11 is 0. The number of unbranched alkanes of at least 4 members (excludes halogenated alkanes) is 16. The van der Waals surface area contributed by atoms with Gasteiger partial charge in [-0.05, 0) is 104 Å². The second kappa shape index (κ2) is 31.8. The van der Waals surface area contributed by atoms with Crippen molar-refractivity contribution in [2.45, 2.75) is 128 Å². The molecule has 0 heterocycles. The van der Waals surface area contributed by atoms with Gasteiger partial charge in [0.25, 0.3) is 0 Å². The van der Waals surface area contributed by atoms with Gasteiger partial charge in [-0.1, -0.05) is 77.0 Å². The Labute approximate surface area is 208 Å². The van der Waals surface area contributed by atoms with Gasteiger partial charge in [0.2, 0.25) is 0 Å². The first-order valence-electron chi connectivity index (χ1n) is 14.9. The normalized spacial score (nSPS) is 11.5. The van der Waals surface area contributed by atoms with Crippen LogP contribution in [0.5, 0.6) is 0 Å². The second-order valence-corrected chi connectivity index (χ2v) is 9.90. The first-order valence-corrected chi connectivity index (χ1v) is 14.9. The maximum Gasteiger partial charge on any atom is -0.00489 e. The molecule has 33 heavy (non-hydrogen) atoms. The van der Waals surface area contributed by atoms with Crippen molar-refractivity contribution in [2.24, 2.45) is 11.5 Å². The van der Waals surface area contributed by atoms with E-state index >= 15 is 0 Å². The fourth-order valence-electron chi connectivity index (χ4n) is 4.28. The Balaban J connectivity index is 2.99. The third-order valence-electron chi connectivity index (χ3n) is 6.53. The van der Waals surface area contributed by atoms with Crippen LogP contribution in [-0.2, 0) is 0 Å². The van der Waals surface area contributed by atoms with Crippen molar-refractivity contribution < 1.29 is 0 Å². The molecule has 5 nitrogen and oxygen atoms in total. The third-order valence-corrected chi connectivity index (χ3v) is 6.53. The van der Waals surface area contributed by atoms with Crippen LogP contribution >= 0.6 is 0 Å². The second-order valence-electron chi connectivity index (χ2n) is 9.90. The number of nitrogens with one attached hydrogen (secondary N) is 3.